The number of methoxy groups -OCH3 is 1. The van der Waals surface area contributed by atoms with Crippen LogP contribution in [0.2, 0.25) is 0 Å². The van der Waals surface area contributed by atoms with E-state index in [-0.39, 0.29) is 66.7 Å². The van der Waals surface area contributed by atoms with Gasteiger partial charge in [-0.1, -0.05) is 34.6 Å². The molecule has 4 saturated heterocycles. The van der Waals surface area contributed by atoms with E-state index >= 15 is 0 Å². The Morgan fingerprint density at radius 3 is 2.21 bits per heavy atom. The van der Waals surface area contributed by atoms with Crippen LogP contribution in [-0.2, 0) is 33.3 Å². The molecule has 4 aliphatic heterocycles. The van der Waals surface area contributed by atoms with E-state index in [1.54, 1.807) is 44.7 Å². The van der Waals surface area contributed by atoms with Crippen LogP contribution in [0.4, 0.5) is 0 Å². The number of carbonyl (C=O) groups is 3. The van der Waals surface area contributed by atoms with Crippen LogP contribution < -0.4 is 5.32 Å². The summed E-state index contributed by atoms with van der Waals surface area (Å²) in [4.78, 5) is 45.8. The van der Waals surface area contributed by atoms with Crippen LogP contribution in [0.25, 0.3) is 0 Å². The minimum Gasteiger partial charge on any atom is -0.392 e. The largest absolute Gasteiger partial charge is 0.392 e. The van der Waals surface area contributed by atoms with Crippen LogP contribution in [0.3, 0.4) is 0 Å². The SMILES string of the molecule is CC(C)[C@@H]1NC(=O)C[C@H]2CCCN2C(=O)[C@H](C)[C@@H](O)[C@H](C)[C@@H](O[C@@H]2O[C@H](C)C[C@H](N(C)C)[C@H]2O)[C@](C)(O)C[C@@H](C)CN(C)C1=O.CO[C@]1(C)CCO[C@@H](C)[C@@H]1O. The first-order valence-corrected chi connectivity index (χ1v) is 20.7. The molecule has 0 bridgehead atoms. The second-order valence-corrected chi connectivity index (χ2v) is 18.3. The Bertz CT molecular complexity index is 1290. The van der Waals surface area contributed by atoms with Gasteiger partial charge < -0.3 is 59.4 Å². The van der Waals surface area contributed by atoms with Gasteiger partial charge in [0.15, 0.2) is 6.29 Å². The van der Waals surface area contributed by atoms with Gasteiger partial charge >= 0.3 is 0 Å². The van der Waals surface area contributed by atoms with Crippen molar-refractivity contribution in [1.29, 1.82) is 0 Å². The van der Waals surface area contributed by atoms with Crippen molar-refractivity contribution in [2.24, 2.45) is 23.7 Å². The molecule has 5 N–H and O–H groups in total. The van der Waals surface area contributed by atoms with Crippen LogP contribution in [0.1, 0.15) is 101 Å². The number of hydrogen-bond donors (Lipinski definition) is 5. The lowest BCUT2D eigenvalue weighted by Crippen LogP contribution is -2.59. The lowest BCUT2D eigenvalue weighted by atomic mass is 9.77. The summed E-state index contributed by atoms with van der Waals surface area (Å²) >= 11 is 0. The second kappa shape index (κ2) is 20.3. The van der Waals surface area contributed by atoms with E-state index in [2.05, 4.69) is 5.32 Å². The molecule has 0 saturated carbocycles. The summed E-state index contributed by atoms with van der Waals surface area (Å²) in [5.41, 5.74) is -1.96. The molecule has 0 unspecified atom stereocenters. The van der Waals surface area contributed by atoms with E-state index in [1.807, 2.05) is 60.5 Å². The highest BCUT2D eigenvalue weighted by Crippen LogP contribution is 2.36. The van der Waals surface area contributed by atoms with E-state index in [9.17, 15) is 34.8 Å². The third kappa shape index (κ3) is 11.8. The van der Waals surface area contributed by atoms with Crippen LogP contribution in [0.5, 0.6) is 0 Å². The zero-order valence-electron chi connectivity index (χ0n) is 36.4. The zero-order valence-corrected chi connectivity index (χ0v) is 36.4. The van der Waals surface area contributed by atoms with Gasteiger partial charge in [0.1, 0.15) is 18.2 Å². The van der Waals surface area contributed by atoms with Gasteiger partial charge in [-0.15, -0.1) is 0 Å². The molecule has 15 nitrogen and oxygen atoms in total. The molecule has 0 radical (unpaired) electrons. The molecule has 4 fully saturated rings. The Kier molecular flexibility index (Phi) is 17.6. The van der Waals surface area contributed by atoms with Crippen LogP contribution in [-0.4, -0.2) is 173 Å². The maximum atomic E-state index is 13.8. The van der Waals surface area contributed by atoms with E-state index in [0.29, 0.717) is 32.5 Å². The van der Waals surface area contributed by atoms with E-state index in [1.165, 1.54) is 0 Å². The number of nitrogens with zero attached hydrogens (tertiary/aromatic N) is 3. The number of ether oxygens (including phenoxy) is 4. The first-order valence-electron chi connectivity index (χ1n) is 20.7. The molecular formula is C41H76N4O11. The monoisotopic (exact) mass is 801 g/mol. The van der Waals surface area contributed by atoms with Gasteiger partial charge in [-0.25, -0.2) is 0 Å². The van der Waals surface area contributed by atoms with Gasteiger partial charge in [-0.05, 0) is 79.3 Å². The predicted octanol–water partition coefficient (Wildman–Crippen LogP) is 1.76. The maximum Gasteiger partial charge on any atom is 0.245 e. The normalized spacial score (nSPS) is 42.6. The van der Waals surface area contributed by atoms with Gasteiger partial charge in [-0.3, -0.25) is 14.4 Å². The number of hydrogen-bond acceptors (Lipinski definition) is 12. The fourth-order valence-corrected chi connectivity index (χ4v) is 9.06. The molecule has 326 valence electrons. The zero-order chi connectivity index (χ0) is 42.4. The van der Waals surface area contributed by atoms with Crippen LogP contribution in [0.15, 0.2) is 0 Å². The van der Waals surface area contributed by atoms with E-state index in [4.69, 9.17) is 18.9 Å². The molecule has 0 aromatic rings. The van der Waals surface area contributed by atoms with Crippen molar-refractivity contribution >= 4 is 17.7 Å². The van der Waals surface area contributed by atoms with Gasteiger partial charge in [0, 0.05) is 64.7 Å². The first kappa shape index (κ1) is 48.4. The van der Waals surface area contributed by atoms with Crippen molar-refractivity contribution < 1.29 is 53.8 Å². The topological polar surface area (TPSA) is 191 Å². The molecule has 56 heavy (non-hydrogen) atoms. The summed E-state index contributed by atoms with van der Waals surface area (Å²) in [5.74, 6) is -2.74. The standard InChI is InChI=1S/C33H60N4O8.C8H16O3/c1-18(2)26-31(42)36(10)17-19(3)16-33(7,43)29(45-32-28(40)24(35(8)9)14-20(4)44-32)21(5)27(39)22(6)30(41)37-13-11-12-23(37)15-25(38)34-26;1-6-7(9)8(2,10-3)4-5-11-6/h18-24,26-29,32,39-40,43H,11-17H2,1-10H3,(H,34,38);6-7,9H,4-5H2,1-3H3/t19-,20-,21+,22-,23-,24+,26+,27+,28-,29-,32+,33-;6-,7-,8+/m10/s1. The fraction of sp³-hybridized carbons (Fsp3) is 0.927. The minimum absolute atomic E-state index is 0.0727. The number of amides is 3. The maximum absolute atomic E-state index is 13.8. The smallest absolute Gasteiger partial charge is 0.245 e. The molecule has 15 heteroatoms. The molecule has 0 aliphatic carbocycles. The quantitative estimate of drug-likeness (QED) is 0.272. The second-order valence-electron chi connectivity index (χ2n) is 18.3. The van der Waals surface area contributed by atoms with Gasteiger partial charge in [-0.2, -0.15) is 0 Å². The fourth-order valence-electron chi connectivity index (χ4n) is 9.06. The summed E-state index contributed by atoms with van der Waals surface area (Å²) < 4.78 is 23.0. The number of carbonyl (C=O) groups excluding carboxylic acids is 3. The predicted molar refractivity (Wildman–Crippen MR) is 211 cm³/mol. The highest BCUT2D eigenvalue weighted by atomic mass is 16.7. The molecule has 4 rings (SSSR count). The Labute approximate surface area is 335 Å². The Morgan fingerprint density at radius 2 is 1.64 bits per heavy atom. The van der Waals surface area contributed by atoms with Crippen molar-refractivity contribution in [3.63, 3.8) is 0 Å². The van der Waals surface area contributed by atoms with Crippen molar-refractivity contribution in [3.8, 4) is 0 Å². The van der Waals surface area contributed by atoms with Crippen molar-refractivity contribution in [3.05, 3.63) is 0 Å². The van der Waals surface area contributed by atoms with Crippen molar-refractivity contribution in [2.75, 3.05) is 47.9 Å². The number of nitrogens with one attached hydrogen (secondary N) is 1. The van der Waals surface area contributed by atoms with Crippen LogP contribution in [0, 0.1) is 23.7 Å². The number of aliphatic hydroxyl groups is 4. The number of aliphatic hydroxyl groups excluding tert-OH is 3. The molecule has 0 spiro atoms. The highest BCUT2D eigenvalue weighted by molar-refractivity contribution is 5.88. The Balaban J connectivity index is 0.000000655. The summed E-state index contributed by atoms with van der Waals surface area (Å²) in [6, 6.07) is -1.32. The lowest BCUT2D eigenvalue weighted by molar-refractivity contribution is -0.299. The van der Waals surface area contributed by atoms with E-state index in [0.717, 1.165) is 12.8 Å². The van der Waals surface area contributed by atoms with Crippen molar-refractivity contribution in [1.82, 2.24) is 20.0 Å². The molecule has 15 atom stereocenters. The van der Waals surface area contributed by atoms with Gasteiger partial charge in [0.25, 0.3) is 0 Å². The number of likely N-dealkylation sites (N-methyl/N-ethyl adjacent to an activating group) is 2. The van der Waals surface area contributed by atoms with Gasteiger partial charge in [0.2, 0.25) is 17.7 Å². The average Bonchev–Trinajstić information content (AvgIpc) is 3.58. The molecule has 0 aromatic carbocycles. The lowest BCUT2D eigenvalue weighted by Gasteiger charge is -2.46. The summed E-state index contributed by atoms with van der Waals surface area (Å²) in [5, 5.41) is 47.6. The van der Waals surface area contributed by atoms with E-state index < -0.39 is 59.8 Å². The first-order chi connectivity index (χ1) is 25.9. The molecule has 3 amide bonds. The Hall–Kier alpha value is -1.95. The third-order valence-electron chi connectivity index (χ3n) is 12.7. The third-order valence-corrected chi connectivity index (χ3v) is 12.7. The summed E-state index contributed by atoms with van der Waals surface area (Å²) in [7, 11) is 7.08. The molecule has 4 aliphatic rings. The molecule has 4 heterocycles. The average molecular weight is 801 g/mol. The summed E-state index contributed by atoms with van der Waals surface area (Å²) in [6.07, 6.45) is -2.16. The summed E-state index contributed by atoms with van der Waals surface area (Å²) in [6.45, 7) is 17.9. The van der Waals surface area contributed by atoms with Gasteiger partial charge in [0.05, 0.1) is 41.5 Å². The highest BCUT2D eigenvalue weighted by Gasteiger charge is 2.49. The number of fused-ring (bicyclic) bond motifs is 1. The Morgan fingerprint density at radius 1 is 1.00 bits per heavy atom. The van der Waals surface area contributed by atoms with Crippen molar-refractivity contribution in [2.45, 2.75) is 173 Å². The number of rotatable bonds is 5. The minimum atomic E-state index is -1.54. The van der Waals surface area contributed by atoms with Crippen LogP contribution >= 0.6 is 0 Å². The molecular weight excluding hydrogens is 724 g/mol. The molecule has 0 aromatic heterocycles.